The Morgan fingerprint density at radius 1 is 1.70 bits per heavy atom. The van der Waals surface area contributed by atoms with Crippen molar-refractivity contribution in [2.24, 2.45) is 0 Å². The van der Waals surface area contributed by atoms with Crippen LogP contribution in [0.2, 0.25) is 0 Å². The summed E-state index contributed by atoms with van der Waals surface area (Å²) in [5, 5.41) is 10.1. The first kappa shape index (κ1) is 7.28. The van der Waals surface area contributed by atoms with Crippen LogP contribution in [-0.2, 0) is 13.0 Å². The van der Waals surface area contributed by atoms with Gasteiger partial charge in [0.05, 0.1) is 5.69 Å². The van der Waals surface area contributed by atoms with Gasteiger partial charge in [0.15, 0.2) is 0 Å². The second kappa shape index (κ2) is 3.37. The number of aromatic amines is 1. The summed E-state index contributed by atoms with van der Waals surface area (Å²) in [5.74, 6) is 0. The van der Waals surface area contributed by atoms with Crippen LogP contribution in [0.1, 0.15) is 18.3 Å². The smallest absolute Gasteiger partial charge is 0.0622 e. The molecule has 1 rings (SSSR count). The van der Waals surface area contributed by atoms with Crippen molar-refractivity contribution >= 4 is 0 Å². The van der Waals surface area contributed by atoms with Crippen LogP contribution in [0.25, 0.3) is 0 Å². The van der Waals surface area contributed by atoms with Gasteiger partial charge in [-0.15, -0.1) is 0 Å². The average Bonchev–Trinajstić information content (AvgIpc) is 2.37. The normalized spacial score (nSPS) is 10.2. The highest BCUT2D eigenvalue weighted by Crippen LogP contribution is 1.98. The maximum absolute atomic E-state index is 4.09. The van der Waals surface area contributed by atoms with E-state index in [2.05, 4.69) is 28.5 Å². The third kappa shape index (κ3) is 1.57. The molecule has 0 fully saturated rings. The summed E-state index contributed by atoms with van der Waals surface area (Å²) in [7, 11) is 1.92. The SMILES string of the molecule is CCc1cc(CNC)[nH]n1. The molecule has 1 aromatic rings. The number of aryl methyl sites for hydroxylation is 1. The Morgan fingerprint density at radius 3 is 3.00 bits per heavy atom. The summed E-state index contributed by atoms with van der Waals surface area (Å²) in [6, 6.07) is 2.08. The van der Waals surface area contributed by atoms with Gasteiger partial charge in [0, 0.05) is 12.2 Å². The van der Waals surface area contributed by atoms with Gasteiger partial charge in [-0.25, -0.2) is 0 Å². The van der Waals surface area contributed by atoms with E-state index in [0.29, 0.717) is 0 Å². The lowest BCUT2D eigenvalue weighted by Gasteiger charge is -1.89. The Balaban J connectivity index is 2.59. The summed E-state index contributed by atoms with van der Waals surface area (Å²) < 4.78 is 0. The molecular weight excluding hydrogens is 126 g/mol. The largest absolute Gasteiger partial charge is 0.314 e. The van der Waals surface area contributed by atoms with E-state index in [0.717, 1.165) is 24.4 Å². The Labute approximate surface area is 60.8 Å². The maximum atomic E-state index is 4.09. The molecule has 0 unspecified atom stereocenters. The number of hydrogen-bond donors (Lipinski definition) is 2. The first-order valence-corrected chi connectivity index (χ1v) is 3.54. The van der Waals surface area contributed by atoms with Gasteiger partial charge in [-0.3, -0.25) is 5.10 Å². The van der Waals surface area contributed by atoms with E-state index < -0.39 is 0 Å². The Bertz CT molecular complexity index is 192. The highest BCUT2D eigenvalue weighted by atomic mass is 15.1. The van der Waals surface area contributed by atoms with E-state index >= 15 is 0 Å². The van der Waals surface area contributed by atoms with E-state index in [4.69, 9.17) is 0 Å². The second-order valence-electron chi connectivity index (χ2n) is 2.27. The fourth-order valence-corrected chi connectivity index (χ4v) is 0.871. The van der Waals surface area contributed by atoms with Crippen molar-refractivity contribution in [3.8, 4) is 0 Å². The average molecular weight is 139 g/mol. The van der Waals surface area contributed by atoms with Crippen LogP contribution >= 0.6 is 0 Å². The standard InChI is InChI=1S/C7H13N3/c1-3-6-4-7(5-8-2)10-9-6/h4,8H,3,5H2,1-2H3,(H,9,10). The first-order chi connectivity index (χ1) is 4.86. The number of rotatable bonds is 3. The van der Waals surface area contributed by atoms with Crippen LogP contribution in [0.3, 0.4) is 0 Å². The third-order valence-corrected chi connectivity index (χ3v) is 1.41. The molecule has 56 valence electrons. The molecule has 3 heteroatoms. The van der Waals surface area contributed by atoms with Crippen LogP contribution in [0, 0.1) is 0 Å². The number of nitrogens with zero attached hydrogens (tertiary/aromatic N) is 1. The zero-order valence-corrected chi connectivity index (χ0v) is 6.44. The van der Waals surface area contributed by atoms with Gasteiger partial charge < -0.3 is 5.32 Å². The summed E-state index contributed by atoms with van der Waals surface area (Å²) >= 11 is 0. The predicted octanol–water partition coefficient (Wildman–Crippen LogP) is 0.691. The van der Waals surface area contributed by atoms with E-state index in [1.165, 1.54) is 0 Å². The van der Waals surface area contributed by atoms with Crippen molar-refractivity contribution in [3.63, 3.8) is 0 Å². The quantitative estimate of drug-likeness (QED) is 0.647. The third-order valence-electron chi connectivity index (χ3n) is 1.41. The van der Waals surface area contributed by atoms with Crippen LogP contribution in [0.15, 0.2) is 6.07 Å². The van der Waals surface area contributed by atoms with Crippen molar-refractivity contribution in [2.75, 3.05) is 7.05 Å². The fourth-order valence-electron chi connectivity index (χ4n) is 0.871. The zero-order valence-electron chi connectivity index (χ0n) is 6.44. The van der Waals surface area contributed by atoms with Gasteiger partial charge in [-0.05, 0) is 19.5 Å². The molecule has 10 heavy (non-hydrogen) atoms. The molecule has 0 saturated heterocycles. The lowest BCUT2D eigenvalue weighted by molar-refractivity contribution is 0.783. The summed E-state index contributed by atoms with van der Waals surface area (Å²) in [6.45, 7) is 2.96. The highest BCUT2D eigenvalue weighted by Gasteiger charge is 1.95. The second-order valence-corrected chi connectivity index (χ2v) is 2.27. The maximum Gasteiger partial charge on any atom is 0.0622 e. The fraction of sp³-hybridized carbons (Fsp3) is 0.571. The number of hydrogen-bond acceptors (Lipinski definition) is 2. The Hall–Kier alpha value is -0.830. The van der Waals surface area contributed by atoms with E-state index in [9.17, 15) is 0 Å². The van der Waals surface area contributed by atoms with Crippen LogP contribution < -0.4 is 5.32 Å². The molecule has 2 N–H and O–H groups in total. The Morgan fingerprint density at radius 2 is 2.50 bits per heavy atom. The molecule has 0 saturated carbocycles. The van der Waals surface area contributed by atoms with Gasteiger partial charge in [0.25, 0.3) is 0 Å². The van der Waals surface area contributed by atoms with E-state index in [-0.39, 0.29) is 0 Å². The zero-order chi connectivity index (χ0) is 7.40. The molecule has 0 aliphatic rings. The minimum atomic E-state index is 0.868. The highest BCUT2D eigenvalue weighted by molar-refractivity contribution is 5.07. The van der Waals surface area contributed by atoms with Gasteiger partial charge in [-0.1, -0.05) is 6.92 Å². The monoisotopic (exact) mass is 139 g/mol. The van der Waals surface area contributed by atoms with Crippen molar-refractivity contribution in [3.05, 3.63) is 17.5 Å². The Kier molecular flexibility index (Phi) is 2.45. The lowest BCUT2D eigenvalue weighted by Crippen LogP contribution is -2.04. The van der Waals surface area contributed by atoms with Crippen molar-refractivity contribution in [1.82, 2.24) is 15.5 Å². The topological polar surface area (TPSA) is 40.7 Å². The van der Waals surface area contributed by atoms with Gasteiger partial charge >= 0.3 is 0 Å². The molecular formula is C7H13N3. The minimum absolute atomic E-state index is 0.868. The molecule has 0 aliphatic carbocycles. The number of H-pyrrole nitrogens is 1. The van der Waals surface area contributed by atoms with E-state index in [1.807, 2.05) is 7.05 Å². The van der Waals surface area contributed by atoms with Crippen molar-refractivity contribution < 1.29 is 0 Å². The molecule has 0 amide bonds. The van der Waals surface area contributed by atoms with Gasteiger partial charge in [0.1, 0.15) is 0 Å². The molecule has 0 atom stereocenters. The van der Waals surface area contributed by atoms with Crippen LogP contribution in [0.4, 0.5) is 0 Å². The predicted molar refractivity (Wildman–Crippen MR) is 40.7 cm³/mol. The molecule has 0 aromatic carbocycles. The summed E-state index contributed by atoms with van der Waals surface area (Å²) in [5.41, 5.74) is 2.28. The van der Waals surface area contributed by atoms with Gasteiger partial charge in [0.2, 0.25) is 0 Å². The number of nitrogens with one attached hydrogen (secondary N) is 2. The van der Waals surface area contributed by atoms with E-state index in [1.54, 1.807) is 0 Å². The lowest BCUT2D eigenvalue weighted by atomic mass is 10.3. The molecule has 0 bridgehead atoms. The van der Waals surface area contributed by atoms with Crippen molar-refractivity contribution in [1.29, 1.82) is 0 Å². The van der Waals surface area contributed by atoms with Crippen molar-refractivity contribution in [2.45, 2.75) is 19.9 Å². The molecule has 3 nitrogen and oxygen atoms in total. The molecule has 1 heterocycles. The summed E-state index contributed by atoms with van der Waals surface area (Å²) in [6.07, 6.45) is 1.00. The molecule has 0 spiro atoms. The molecule has 0 aliphatic heterocycles. The van der Waals surface area contributed by atoms with Crippen LogP contribution in [0.5, 0.6) is 0 Å². The number of aromatic nitrogens is 2. The molecule has 0 radical (unpaired) electrons. The van der Waals surface area contributed by atoms with Gasteiger partial charge in [-0.2, -0.15) is 5.10 Å². The molecule has 1 aromatic heterocycles. The minimum Gasteiger partial charge on any atom is -0.314 e. The van der Waals surface area contributed by atoms with Crippen LogP contribution in [-0.4, -0.2) is 17.2 Å². The summed E-state index contributed by atoms with van der Waals surface area (Å²) in [4.78, 5) is 0. The first-order valence-electron chi connectivity index (χ1n) is 3.54.